The van der Waals surface area contributed by atoms with Crippen molar-refractivity contribution in [2.45, 2.75) is 12.8 Å². The summed E-state index contributed by atoms with van der Waals surface area (Å²) < 4.78 is 12.7. The van der Waals surface area contributed by atoms with E-state index in [-0.39, 0.29) is 18.7 Å². The molecule has 1 aromatic carbocycles. The molecule has 0 amide bonds. The minimum atomic E-state index is -1.22. The Kier molecular flexibility index (Phi) is 3.65. The van der Waals surface area contributed by atoms with Gasteiger partial charge in [-0.3, -0.25) is 0 Å². The molecule has 0 aromatic heterocycles. The quantitative estimate of drug-likeness (QED) is 0.722. The summed E-state index contributed by atoms with van der Waals surface area (Å²) >= 11 is 0. The maximum Gasteiger partial charge on any atom is 0.158 e. The molecular weight excluding hydrogens is 203 g/mol. The van der Waals surface area contributed by atoms with E-state index in [1.54, 1.807) is 12.1 Å². The second-order valence-corrected chi connectivity index (χ2v) is 3.49. The normalized spacial score (nSPS) is 9.88. The van der Waals surface area contributed by atoms with Crippen molar-refractivity contribution < 1.29 is 4.39 Å². The fourth-order valence-electron chi connectivity index (χ4n) is 1.37. The molecule has 16 heavy (non-hydrogen) atoms. The second kappa shape index (κ2) is 4.96. The van der Waals surface area contributed by atoms with Gasteiger partial charge in [-0.2, -0.15) is 10.5 Å². The fraction of sp³-hybridized carbons (Fsp3) is 0.231. The van der Waals surface area contributed by atoms with Gasteiger partial charge in [-0.05, 0) is 17.7 Å². The fourth-order valence-corrected chi connectivity index (χ4v) is 1.37. The number of rotatable bonds is 3. The van der Waals surface area contributed by atoms with Crippen LogP contribution < -0.4 is 0 Å². The Morgan fingerprint density at radius 2 is 1.75 bits per heavy atom. The highest BCUT2D eigenvalue weighted by molar-refractivity contribution is 5.26. The molecule has 0 aliphatic heterocycles. The van der Waals surface area contributed by atoms with Crippen LogP contribution in [0.4, 0.5) is 4.39 Å². The number of hydrogen-bond acceptors (Lipinski definition) is 2. The van der Waals surface area contributed by atoms with E-state index in [1.807, 2.05) is 12.1 Å². The van der Waals surface area contributed by atoms with Crippen molar-refractivity contribution in [1.82, 2.24) is 0 Å². The number of terminal acetylenes is 1. The van der Waals surface area contributed by atoms with Crippen LogP contribution in [-0.4, -0.2) is 0 Å². The lowest BCUT2D eigenvalue weighted by molar-refractivity contribution is 0.534. The molecule has 0 unspecified atom stereocenters. The second-order valence-electron chi connectivity index (χ2n) is 3.49. The standard InChI is InChI=1S/C13H9FN2/c1-2-7-13(9-15,10-16)8-11-3-5-12(14)6-4-11/h1,3-6H,7-8H2. The van der Waals surface area contributed by atoms with E-state index in [2.05, 4.69) is 5.92 Å². The zero-order chi connectivity index (χ0) is 12.0. The molecule has 0 saturated heterocycles. The van der Waals surface area contributed by atoms with E-state index in [1.165, 1.54) is 12.1 Å². The van der Waals surface area contributed by atoms with Gasteiger partial charge in [0.05, 0.1) is 12.1 Å². The Labute approximate surface area is 93.9 Å². The average Bonchev–Trinajstić information content (AvgIpc) is 2.31. The van der Waals surface area contributed by atoms with Crippen molar-refractivity contribution in [2.24, 2.45) is 5.41 Å². The molecule has 0 bridgehead atoms. The average molecular weight is 212 g/mol. The molecule has 0 fully saturated rings. The van der Waals surface area contributed by atoms with E-state index in [9.17, 15) is 4.39 Å². The summed E-state index contributed by atoms with van der Waals surface area (Å²) in [7, 11) is 0. The van der Waals surface area contributed by atoms with Crippen LogP contribution in [0.25, 0.3) is 0 Å². The number of hydrogen-bond donors (Lipinski definition) is 0. The first-order chi connectivity index (χ1) is 7.65. The predicted octanol–water partition coefficient (Wildman–Crippen LogP) is 2.43. The van der Waals surface area contributed by atoms with Gasteiger partial charge in [0, 0.05) is 12.8 Å². The summed E-state index contributed by atoms with van der Waals surface area (Å²) in [5, 5.41) is 18.0. The van der Waals surface area contributed by atoms with Gasteiger partial charge >= 0.3 is 0 Å². The zero-order valence-electron chi connectivity index (χ0n) is 8.57. The SMILES string of the molecule is C#CCC(C#N)(C#N)Cc1ccc(F)cc1. The molecule has 0 aliphatic rings. The maximum atomic E-state index is 12.7. The molecule has 3 heteroatoms. The molecule has 0 saturated carbocycles. The predicted molar refractivity (Wildman–Crippen MR) is 57.2 cm³/mol. The van der Waals surface area contributed by atoms with Crippen LogP contribution in [0.5, 0.6) is 0 Å². The topological polar surface area (TPSA) is 47.6 Å². The highest BCUT2D eigenvalue weighted by atomic mass is 19.1. The van der Waals surface area contributed by atoms with Crippen LogP contribution in [0, 0.1) is 46.2 Å². The summed E-state index contributed by atoms with van der Waals surface area (Å²) in [6.45, 7) is 0. The van der Waals surface area contributed by atoms with Crippen LogP contribution >= 0.6 is 0 Å². The molecular formula is C13H9FN2. The molecule has 1 rings (SSSR count). The van der Waals surface area contributed by atoms with Crippen LogP contribution in [0.2, 0.25) is 0 Å². The van der Waals surface area contributed by atoms with Gasteiger partial charge < -0.3 is 0 Å². The number of nitrogens with zero attached hydrogens (tertiary/aromatic N) is 2. The Morgan fingerprint density at radius 1 is 1.19 bits per heavy atom. The van der Waals surface area contributed by atoms with Crippen LogP contribution in [0.3, 0.4) is 0 Å². The Morgan fingerprint density at radius 3 is 2.19 bits per heavy atom. The van der Waals surface area contributed by atoms with E-state index in [4.69, 9.17) is 16.9 Å². The zero-order valence-corrected chi connectivity index (χ0v) is 8.57. The molecule has 0 heterocycles. The van der Waals surface area contributed by atoms with Crippen LogP contribution in [0.1, 0.15) is 12.0 Å². The van der Waals surface area contributed by atoms with Crippen molar-refractivity contribution in [2.75, 3.05) is 0 Å². The van der Waals surface area contributed by atoms with Gasteiger partial charge in [0.2, 0.25) is 0 Å². The van der Waals surface area contributed by atoms with Gasteiger partial charge in [-0.25, -0.2) is 4.39 Å². The summed E-state index contributed by atoms with van der Waals surface area (Å²) in [6, 6.07) is 9.56. The first kappa shape index (κ1) is 11.8. The number of nitriles is 2. The third kappa shape index (κ3) is 2.59. The van der Waals surface area contributed by atoms with Gasteiger partial charge in [-0.15, -0.1) is 12.3 Å². The molecule has 2 nitrogen and oxygen atoms in total. The molecule has 78 valence electrons. The Bertz CT molecular complexity index is 469. The third-order valence-electron chi connectivity index (χ3n) is 2.25. The minimum absolute atomic E-state index is 0.0668. The first-order valence-corrected chi connectivity index (χ1v) is 4.66. The van der Waals surface area contributed by atoms with Gasteiger partial charge in [-0.1, -0.05) is 12.1 Å². The summed E-state index contributed by atoms with van der Waals surface area (Å²) in [4.78, 5) is 0. The lowest BCUT2D eigenvalue weighted by Gasteiger charge is -2.15. The third-order valence-corrected chi connectivity index (χ3v) is 2.25. The van der Waals surface area contributed by atoms with Gasteiger partial charge in [0.15, 0.2) is 5.41 Å². The summed E-state index contributed by atoms with van der Waals surface area (Å²) in [6.07, 6.45) is 5.41. The van der Waals surface area contributed by atoms with Crippen molar-refractivity contribution in [3.8, 4) is 24.5 Å². The molecule has 0 spiro atoms. The van der Waals surface area contributed by atoms with E-state index < -0.39 is 5.41 Å². The lowest BCUT2D eigenvalue weighted by atomic mass is 9.82. The highest BCUT2D eigenvalue weighted by Crippen LogP contribution is 2.25. The van der Waals surface area contributed by atoms with Crippen molar-refractivity contribution in [3.05, 3.63) is 35.6 Å². The number of benzene rings is 1. The lowest BCUT2D eigenvalue weighted by Crippen LogP contribution is -2.18. The summed E-state index contributed by atoms with van der Waals surface area (Å²) in [5.41, 5.74) is -0.494. The number of halogens is 1. The Balaban J connectivity index is 2.95. The van der Waals surface area contributed by atoms with Crippen LogP contribution in [0.15, 0.2) is 24.3 Å². The molecule has 0 atom stereocenters. The largest absolute Gasteiger partial charge is 0.207 e. The van der Waals surface area contributed by atoms with Crippen molar-refractivity contribution >= 4 is 0 Å². The molecule has 0 aliphatic carbocycles. The van der Waals surface area contributed by atoms with E-state index >= 15 is 0 Å². The summed E-state index contributed by atoms with van der Waals surface area (Å²) in [5.74, 6) is 1.98. The smallest absolute Gasteiger partial charge is 0.158 e. The molecule has 1 aromatic rings. The Hall–Kier alpha value is -2.31. The van der Waals surface area contributed by atoms with E-state index in [0.717, 1.165) is 5.56 Å². The monoisotopic (exact) mass is 212 g/mol. The van der Waals surface area contributed by atoms with Crippen LogP contribution in [-0.2, 0) is 6.42 Å². The van der Waals surface area contributed by atoms with Gasteiger partial charge in [0.1, 0.15) is 5.82 Å². The first-order valence-electron chi connectivity index (χ1n) is 4.66. The van der Waals surface area contributed by atoms with Gasteiger partial charge in [0.25, 0.3) is 0 Å². The molecule has 0 N–H and O–H groups in total. The highest BCUT2D eigenvalue weighted by Gasteiger charge is 2.29. The maximum absolute atomic E-state index is 12.7. The van der Waals surface area contributed by atoms with E-state index in [0.29, 0.717) is 0 Å². The molecule has 0 radical (unpaired) electrons. The van der Waals surface area contributed by atoms with Crippen molar-refractivity contribution in [1.29, 1.82) is 10.5 Å². The van der Waals surface area contributed by atoms with Crippen molar-refractivity contribution in [3.63, 3.8) is 0 Å². The minimum Gasteiger partial charge on any atom is -0.207 e.